The Morgan fingerprint density at radius 2 is 1.82 bits per heavy atom. The molecule has 0 bridgehead atoms. The summed E-state index contributed by atoms with van der Waals surface area (Å²) in [5.74, 6) is 0.265. The summed E-state index contributed by atoms with van der Waals surface area (Å²) >= 11 is 3.35. The zero-order valence-electron chi connectivity index (χ0n) is 10.5. The first kappa shape index (κ1) is 14.7. The molecule has 0 aliphatic carbocycles. The minimum Gasteiger partial charge on any atom is -0.208 e. The monoisotopic (exact) mass is 319 g/mol. The van der Waals surface area contributed by atoms with Crippen LogP contribution in [0.15, 0.2) is 27.6 Å². The van der Waals surface area contributed by atoms with Crippen molar-refractivity contribution in [3.63, 3.8) is 0 Å². The molecule has 5 heteroatoms. The van der Waals surface area contributed by atoms with Crippen LogP contribution >= 0.6 is 15.9 Å². The van der Waals surface area contributed by atoms with Gasteiger partial charge in [-0.2, -0.15) is 0 Å². The fourth-order valence-electron chi connectivity index (χ4n) is 1.23. The minimum atomic E-state index is -3.41. The summed E-state index contributed by atoms with van der Waals surface area (Å²) in [6.45, 7) is 7.71. The molecule has 0 saturated heterocycles. The van der Waals surface area contributed by atoms with Gasteiger partial charge in [0, 0.05) is 10.5 Å². The van der Waals surface area contributed by atoms with Crippen molar-refractivity contribution in [3.05, 3.63) is 28.2 Å². The minimum absolute atomic E-state index is 0.0797. The Labute approximate surface area is 112 Å². The van der Waals surface area contributed by atoms with Gasteiger partial charge >= 0.3 is 0 Å². The summed E-state index contributed by atoms with van der Waals surface area (Å²) in [4.78, 5) is 0.311. The van der Waals surface area contributed by atoms with E-state index in [0.29, 0.717) is 4.90 Å². The molecule has 0 amide bonds. The Kier molecular flexibility index (Phi) is 4.75. The second-order valence-electron chi connectivity index (χ2n) is 4.56. The lowest BCUT2D eigenvalue weighted by atomic mass is 10.1. The Balaban J connectivity index is 3.01. The summed E-state index contributed by atoms with van der Waals surface area (Å²) < 4.78 is 27.8. The van der Waals surface area contributed by atoms with Crippen LogP contribution in [0, 0.1) is 12.8 Å². The summed E-state index contributed by atoms with van der Waals surface area (Å²) in [7, 11) is -3.41. The van der Waals surface area contributed by atoms with E-state index in [0.717, 1.165) is 10.0 Å². The van der Waals surface area contributed by atoms with Gasteiger partial charge in [0.25, 0.3) is 0 Å². The molecule has 0 saturated carbocycles. The van der Waals surface area contributed by atoms with Crippen LogP contribution < -0.4 is 4.72 Å². The van der Waals surface area contributed by atoms with Crippen LogP contribution in [0.25, 0.3) is 0 Å². The average Bonchev–Trinajstić information content (AvgIpc) is 2.21. The molecule has 0 aliphatic rings. The third-order valence-corrected chi connectivity index (χ3v) is 5.23. The van der Waals surface area contributed by atoms with E-state index in [1.54, 1.807) is 18.2 Å². The molecule has 1 aromatic carbocycles. The van der Waals surface area contributed by atoms with E-state index in [4.69, 9.17) is 0 Å². The van der Waals surface area contributed by atoms with E-state index in [2.05, 4.69) is 20.7 Å². The van der Waals surface area contributed by atoms with Crippen molar-refractivity contribution in [3.8, 4) is 0 Å². The second-order valence-corrected chi connectivity index (χ2v) is 7.13. The third-order valence-electron chi connectivity index (χ3n) is 2.78. The van der Waals surface area contributed by atoms with Gasteiger partial charge in [0.1, 0.15) is 0 Å². The first-order valence-electron chi connectivity index (χ1n) is 5.52. The lowest BCUT2D eigenvalue weighted by molar-refractivity contribution is 0.476. The Hall–Kier alpha value is -0.390. The van der Waals surface area contributed by atoms with E-state index in [9.17, 15) is 8.42 Å². The zero-order chi connectivity index (χ0) is 13.2. The van der Waals surface area contributed by atoms with Gasteiger partial charge in [-0.15, -0.1) is 0 Å². The predicted octanol–water partition coefficient (Wildman–Crippen LogP) is 3.08. The Bertz CT molecular complexity index is 497. The summed E-state index contributed by atoms with van der Waals surface area (Å²) in [5, 5.41) is 0. The molecular weight excluding hydrogens is 302 g/mol. The molecule has 0 fully saturated rings. The number of hydrogen-bond acceptors (Lipinski definition) is 2. The smallest absolute Gasteiger partial charge is 0.208 e. The topological polar surface area (TPSA) is 46.2 Å². The van der Waals surface area contributed by atoms with Crippen LogP contribution in [0.5, 0.6) is 0 Å². The molecule has 1 rings (SSSR count). The number of benzene rings is 1. The lowest BCUT2D eigenvalue weighted by Gasteiger charge is -2.17. The van der Waals surface area contributed by atoms with Crippen molar-refractivity contribution in [2.75, 3.05) is 0 Å². The van der Waals surface area contributed by atoms with Crippen molar-refractivity contribution in [2.45, 2.75) is 38.6 Å². The van der Waals surface area contributed by atoms with Gasteiger partial charge in [-0.25, -0.2) is 13.1 Å². The predicted molar refractivity (Wildman–Crippen MR) is 73.5 cm³/mol. The molecule has 0 heterocycles. The third kappa shape index (κ3) is 3.79. The van der Waals surface area contributed by atoms with Gasteiger partial charge in [0.2, 0.25) is 10.0 Å². The van der Waals surface area contributed by atoms with E-state index < -0.39 is 10.0 Å². The molecule has 0 aliphatic heterocycles. The maximum Gasteiger partial charge on any atom is 0.240 e. The molecule has 0 aromatic heterocycles. The maximum atomic E-state index is 12.1. The van der Waals surface area contributed by atoms with E-state index in [1.165, 1.54) is 0 Å². The first-order valence-corrected chi connectivity index (χ1v) is 7.80. The van der Waals surface area contributed by atoms with Crippen molar-refractivity contribution in [2.24, 2.45) is 5.92 Å². The molecule has 0 radical (unpaired) electrons. The number of nitrogens with one attached hydrogen (secondary N) is 1. The first-order chi connectivity index (χ1) is 7.74. The number of hydrogen-bond donors (Lipinski definition) is 1. The van der Waals surface area contributed by atoms with Crippen molar-refractivity contribution in [1.82, 2.24) is 4.72 Å². The maximum absolute atomic E-state index is 12.1. The molecule has 1 N–H and O–H groups in total. The van der Waals surface area contributed by atoms with Gasteiger partial charge in [0.05, 0.1) is 4.90 Å². The summed E-state index contributed by atoms with van der Waals surface area (Å²) in [6, 6.07) is 4.94. The van der Waals surface area contributed by atoms with Crippen molar-refractivity contribution >= 4 is 26.0 Å². The van der Waals surface area contributed by atoms with Crippen LogP contribution in [0.4, 0.5) is 0 Å². The fourth-order valence-corrected chi connectivity index (χ4v) is 2.96. The van der Waals surface area contributed by atoms with Gasteiger partial charge < -0.3 is 0 Å². The number of sulfonamides is 1. The highest BCUT2D eigenvalue weighted by atomic mass is 79.9. The standard InChI is InChI=1S/C12H18BrNO2S/c1-8(2)10(4)14-17(15,16)11-5-6-12(13)9(3)7-11/h5-8,10,14H,1-4H3/t10-/m0/s1. The largest absolute Gasteiger partial charge is 0.240 e. The summed E-state index contributed by atoms with van der Waals surface area (Å²) in [5.41, 5.74) is 0.907. The Morgan fingerprint density at radius 3 is 2.29 bits per heavy atom. The molecular formula is C12H18BrNO2S. The molecule has 96 valence electrons. The molecule has 17 heavy (non-hydrogen) atoms. The zero-order valence-corrected chi connectivity index (χ0v) is 12.9. The van der Waals surface area contributed by atoms with Crippen molar-refractivity contribution in [1.29, 1.82) is 0 Å². The van der Waals surface area contributed by atoms with Crippen molar-refractivity contribution < 1.29 is 8.42 Å². The van der Waals surface area contributed by atoms with Crippen LogP contribution in [-0.2, 0) is 10.0 Å². The van der Waals surface area contributed by atoms with Gasteiger partial charge in [-0.3, -0.25) is 0 Å². The molecule has 1 aromatic rings. The molecule has 3 nitrogen and oxygen atoms in total. The number of rotatable bonds is 4. The number of aryl methyl sites for hydroxylation is 1. The van der Waals surface area contributed by atoms with Crippen LogP contribution in [0.2, 0.25) is 0 Å². The molecule has 1 atom stereocenters. The highest BCUT2D eigenvalue weighted by Crippen LogP contribution is 2.20. The highest BCUT2D eigenvalue weighted by molar-refractivity contribution is 9.10. The van der Waals surface area contributed by atoms with Crippen LogP contribution in [0.3, 0.4) is 0 Å². The lowest BCUT2D eigenvalue weighted by Crippen LogP contribution is -2.36. The normalized spacial score (nSPS) is 14.0. The fraction of sp³-hybridized carbons (Fsp3) is 0.500. The van der Waals surface area contributed by atoms with Gasteiger partial charge in [-0.05, 0) is 43.5 Å². The highest BCUT2D eigenvalue weighted by Gasteiger charge is 2.19. The average molecular weight is 320 g/mol. The second kappa shape index (κ2) is 5.50. The molecule has 0 unspecified atom stereocenters. The van der Waals surface area contributed by atoms with Crippen LogP contribution in [0.1, 0.15) is 26.3 Å². The van der Waals surface area contributed by atoms with Crippen LogP contribution in [-0.4, -0.2) is 14.5 Å². The molecule has 0 spiro atoms. The van der Waals surface area contributed by atoms with Gasteiger partial charge in [-0.1, -0.05) is 29.8 Å². The Morgan fingerprint density at radius 1 is 1.24 bits per heavy atom. The quantitative estimate of drug-likeness (QED) is 0.927. The van der Waals surface area contributed by atoms with Gasteiger partial charge in [0.15, 0.2) is 0 Å². The van der Waals surface area contributed by atoms with E-state index in [1.807, 2.05) is 27.7 Å². The SMILES string of the molecule is Cc1cc(S(=O)(=O)N[C@@H](C)C(C)C)ccc1Br. The van der Waals surface area contributed by atoms with E-state index >= 15 is 0 Å². The summed E-state index contributed by atoms with van der Waals surface area (Å²) in [6.07, 6.45) is 0. The number of halogens is 1. The van der Waals surface area contributed by atoms with E-state index in [-0.39, 0.29) is 12.0 Å².